The van der Waals surface area contributed by atoms with Gasteiger partial charge in [0, 0.05) is 68.4 Å². The Bertz CT molecular complexity index is 2470. The van der Waals surface area contributed by atoms with Crippen LogP contribution in [0.5, 0.6) is 23.0 Å². The number of pyridine rings is 2. The zero-order valence-electron chi connectivity index (χ0n) is 39.7. The van der Waals surface area contributed by atoms with E-state index in [-0.39, 0.29) is 57.3 Å². The molecule has 20 heteroatoms. The molecule has 0 aliphatic heterocycles. The summed E-state index contributed by atoms with van der Waals surface area (Å²) in [5.41, 5.74) is -0.231. The van der Waals surface area contributed by atoms with Gasteiger partial charge < -0.3 is 39.0 Å². The van der Waals surface area contributed by atoms with E-state index in [2.05, 4.69) is 15.3 Å². The first-order chi connectivity index (χ1) is 31.9. The van der Waals surface area contributed by atoms with Gasteiger partial charge in [0.2, 0.25) is 11.5 Å². The minimum atomic E-state index is -1.36. The molecular weight excluding hydrogens is 901 g/mol. The highest BCUT2D eigenvalue weighted by Crippen LogP contribution is 2.37. The predicted octanol–water partition coefficient (Wildman–Crippen LogP) is 7.82. The van der Waals surface area contributed by atoms with Crippen LogP contribution in [-0.4, -0.2) is 94.1 Å². The number of aromatic nitrogens is 2. The summed E-state index contributed by atoms with van der Waals surface area (Å²) >= 11 is 0. The number of carboxylic acid groups (broad SMARTS) is 1. The Morgan fingerprint density at radius 3 is 1.50 bits per heavy atom. The van der Waals surface area contributed by atoms with Crippen molar-refractivity contribution in [3.63, 3.8) is 0 Å². The van der Waals surface area contributed by atoms with Gasteiger partial charge in [-0.1, -0.05) is 39.8 Å². The topological polar surface area (TPSA) is 210 Å². The van der Waals surface area contributed by atoms with E-state index < -0.39 is 95.0 Å². The average molecular weight is 957 g/mol. The quantitative estimate of drug-likeness (QED) is 0.0720. The highest BCUT2D eigenvalue weighted by atomic mass is 19.1. The van der Waals surface area contributed by atoms with Gasteiger partial charge in [-0.2, -0.15) is 0 Å². The van der Waals surface area contributed by atoms with Crippen molar-refractivity contribution in [2.45, 2.75) is 105 Å². The van der Waals surface area contributed by atoms with Crippen LogP contribution in [0.3, 0.4) is 0 Å². The fraction of sp³-hybridized carbons (Fsp3) is 0.417. The number of halogens is 4. The van der Waals surface area contributed by atoms with Crippen molar-refractivity contribution in [3.8, 4) is 23.0 Å². The fourth-order valence-corrected chi connectivity index (χ4v) is 7.67. The molecular formula is C48H56F4N4O12. The number of nitrogens with zero attached hydrogens (tertiary/aromatic N) is 3. The molecule has 2 heterocycles. The van der Waals surface area contributed by atoms with Crippen LogP contribution in [0, 0.1) is 35.1 Å². The van der Waals surface area contributed by atoms with Gasteiger partial charge >= 0.3 is 23.9 Å². The summed E-state index contributed by atoms with van der Waals surface area (Å²) in [5.74, 6) is -10.1. The second-order valence-electron chi connectivity index (χ2n) is 16.2. The van der Waals surface area contributed by atoms with Crippen molar-refractivity contribution >= 4 is 35.7 Å². The van der Waals surface area contributed by atoms with Crippen LogP contribution >= 0.6 is 0 Å². The lowest BCUT2D eigenvalue weighted by molar-refractivity contribution is -0.151. The Hall–Kier alpha value is -7.12. The van der Waals surface area contributed by atoms with Gasteiger partial charge in [0.25, 0.3) is 11.8 Å². The van der Waals surface area contributed by atoms with Gasteiger partial charge in [-0.15, -0.1) is 0 Å². The molecule has 4 aromatic rings. The Morgan fingerprint density at radius 1 is 0.647 bits per heavy atom. The van der Waals surface area contributed by atoms with Gasteiger partial charge in [0.15, 0.2) is 22.9 Å². The summed E-state index contributed by atoms with van der Waals surface area (Å²) in [4.78, 5) is 83.2. The molecule has 0 radical (unpaired) electrons. The molecule has 0 fully saturated rings. The molecule has 68 heavy (non-hydrogen) atoms. The minimum absolute atomic E-state index is 0.0501. The number of hydrogen-bond acceptors (Lipinski definition) is 13. The van der Waals surface area contributed by atoms with Gasteiger partial charge in [-0.25, -0.2) is 37.1 Å². The zero-order chi connectivity index (χ0) is 51.3. The summed E-state index contributed by atoms with van der Waals surface area (Å²) in [6.45, 7) is 15.4. The maximum absolute atomic E-state index is 14.7. The predicted molar refractivity (Wildman–Crippen MR) is 237 cm³/mol. The number of benzene rings is 2. The number of amides is 2. The first kappa shape index (κ1) is 55.2. The number of hydrogen-bond donors (Lipinski definition) is 2. The van der Waals surface area contributed by atoms with Crippen LogP contribution in [0.25, 0.3) is 0 Å². The summed E-state index contributed by atoms with van der Waals surface area (Å²) in [7, 11) is 2.64. The fourth-order valence-electron chi connectivity index (χ4n) is 7.67. The highest BCUT2D eigenvalue weighted by molar-refractivity contribution is 5.99. The third-order valence-corrected chi connectivity index (χ3v) is 10.6. The van der Waals surface area contributed by atoms with Crippen molar-refractivity contribution in [2.75, 3.05) is 14.2 Å². The van der Waals surface area contributed by atoms with Crippen LogP contribution in [-0.2, 0) is 23.9 Å². The van der Waals surface area contributed by atoms with E-state index in [1.165, 1.54) is 64.7 Å². The molecule has 0 aliphatic rings. The molecule has 2 N–H and O–H groups in total. The van der Waals surface area contributed by atoms with Crippen molar-refractivity contribution in [1.82, 2.24) is 20.2 Å². The third-order valence-electron chi connectivity index (χ3n) is 10.6. The standard InChI is InChI=1S/2C24H28F2N2O6/c1-12(2)20(17-8-7-16(25)11-18(17)26)14(4)33-24(31)13(3)28-23(30)21-22(34-15(5)29)19(32-6)9-10-27-21;1-12(2)20(17-8-7-16(25)11-18(17)26)13(3)28(14(4)24(31)32)23(30)21-22(34-15(5)29)19(33-6)9-10-27-21/h7-14,20H,1-6H3,(H,28,30);7-14,20H,1-6H3,(H,31,32)/t13-,14-,20+;13?,14-,20+/m00/s1. The van der Waals surface area contributed by atoms with E-state index in [0.717, 1.165) is 43.0 Å². The Labute approximate surface area is 391 Å². The van der Waals surface area contributed by atoms with E-state index in [4.69, 9.17) is 23.7 Å². The maximum Gasteiger partial charge on any atom is 0.328 e. The summed E-state index contributed by atoms with van der Waals surface area (Å²) in [5, 5.41) is 12.2. The number of methoxy groups -OCH3 is 2. The van der Waals surface area contributed by atoms with Gasteiger partial charge in [0.05, 0.1) is 14.2 Å². The Balaban J connectivity index is 0.000000360. The molecule has 2 aromatic heterocycles. The molecule has 2 aromatic carbocycles. The highest BCUT2D eigenvalue weighted by Gasteiger charge is 2.40. The molecule has 1 unspecified atom stereocenters. The zero-order valence-corrected chi connectivity index (χ0v) is 39.7. The molecule has 0 bridgehead atoms. The summed E-state index contributed by atoms with van der Waals surface area (Å²) in [6, 6.07) is 5.84. The van der Waals surface area contributed by atoms with Crippen LogP contribution in [0.15, 0.2) is 60.9 Å². The SMILES string of the molecule is COc1ccnc(C(=O)N(C(C)[C@H](c2ccc(F)cc2F)C(C)C)[C@@H](C)C(=O)O)c1OC(C)=O.COc1ccnc(C(=O)N[C@@H](C)C(=O)O[C@@H](C)[C@H](c2ccc(F)cc2F)C(C)C)c1OC(C)=O. The van der Waals surface area contributed by atoms with E-state index in [0.29, 0.717) is 0 Å². The number of nitrogens with one attached hydrogen (secondary N) is 1. The summed E-state index contributed by atoms with van der Waals surface area (Å²) in [6.07, 6.45) is 1.77. The van der Waals surface area contributed by atoms with Crippen LogP contribution in [0.1, 0.15) is 113 Å². The molecule has 6 atom stereocenters. The Morgan fingerprint density at radius 2 is 1.09 bits per heavy atom. The lowest BCUT2D eigenvalue weighted by Gasteiger charge is -2.39. The average Bonchev–Trinajstić information content (AvgIpc) is 3.25. The largest absolute Gasteiger partial charge is 0.493 e. The second-order valence-corrected chi connectivity index (χ2v) is 16.2. The number of carbonyl (C=O) groups is 6. The van der Waals surface area contributed by atoms with Crippen molar-refractivity contribution in [1.29, 1.82) is 0 Å². The first-order valence-corrected chi connectivity index (χ1v) is 21.3. The smallest absolute Gasteiger partial charge is 0.328 e. The number of rotatable bonds is 18. The van der Waals surface area contributed by atoms with Crippen molar-refractivity contribution < 1.29 is 75.1 Å². The number of aliphatic carboxylic acids is 1. The van der Waals surface area contributed by atoms with E-state index in [9.17, 15) is 51.4 Å². The molecule has 16 nitrogen and oxygen atoms in total. The molecule has 0 saturated heterocycles. The van der Waals surface area contributed by atoms with Crippen LogP contribution in [0.2, 0.25) is 0 Å². The van der Waals surface area contributed by atoms with E-state index in [1.807, 2.05) is 13.8 Å². The van der Waals surface area contributed by atoms with E-state index in [1.54, 1.807) is 27.7 Å². The molecule has 0 aliphatic carbocycles. The maximum atomic E-state index is 14.7. The summed E-state index contributed by atoms with van der Waals surface area (Å²) < 4.78 is 82.0. The normalized spacial score (nSPS) is 13.6. The number of carbonyl (C=O) groups excluding carboxylic acids is 5. The lowest BCUT2D eigenvalue weighted by atomic mass is 9.81. The van der Waals surface area contributed by atoms with Crippen LogP contribution in [0.4, 0.5) is 17.6 Å². The number of carboxylic acids is 1. The van der Waals surface area contributed by atoms with Gasteiger partial charge in [-0.3, -0.25) is 19.2 Å². The van der Waals surface area contributed by atoms with Crippen molar-refractivity contribution in [2.24, 2.45) is 11.8 Å². The first-order valence-electron chi connectivity index (χ1n) is 21.3. The second kappa shape index (κ2) is 24.6. The Kier molecular flexibility index (Phi) is 20.0. The molecule has 368 valence electrons. The molecule has 4 rings (SSSR count). The third kappa shape index (κ3) is 14.0. The monoisotopic (exact) mass is 956 g/mol. The lowest BCUT2D eigenvalue weighted by Crippen LogP contribution is -2.51. The molecule has 2 amide bonds. The number of esters is 3. The van der Waals surface area contributed by atoms with Gasteiger partial charge in [0.1, 0.15) is 41.5 Å². The number of ether oxygens (including phenoxy) is 5. The minimum Gasteiger partial charge on any atom is -0.493 e. The van der Waals surface area contributed by atoms with Crippen LogP contribution < -0.4 is 24.3 Å². The van der Waals surface area contributed by atoms with E-state index >= 15 is 0 Å². The van der Waals surface area contributed by atoms with Crippen molar-refractivity contribution in [3.05, 3.63) is 107 Å². The molecule has 0 spiro atoms. The van der Waals surface area contributed by atoms with Gasteiger partial charge in [-0.05, 0) is 62.8 Å². The molecule has 0 saturated carbocycles.